The van der Waals surface area contributed by atoms with Crippen molar-refractivity contribution in [1.29, 1.82) is 0 Å². The van der Waals surface area contributed by atoms with Crippen LogP contribution in [-0.4, -0.2) is 70.6 Å². The number of benzene rings is 1. The molecule has 0 radical (unpaired) electrons. The summed E-state index contributed by atoms with van der Waals surface area (Å²) in [6.45, 7) is 11.4. The average Bonchev–Trinajstić information content (AvgIpc) is 2.65. The van der Waals surface area contributed by atoms with Crippen molar-refractivity contribution in [2.24, 2.45) is 0 Å². The maximum atomic E-state index is 12.8. The predicted octanol–water partition coefficient (Wildman–Crippen LogP) is 3.51. The second-order valence-electron chi connectivity index (χ2n) is 9.35. The molecule has 0 N–H and O–H groups in total. The van der Waals surface area contributed by atoms with Crippen LogP contribution in [0.5, 0.6) is 0 Å². The van der Waals surface area contributed by atoms with Gasteiger partial charge in [-0.05, 0) is 46.1 Å². The van der Waals surface area contributed by atoms with Gasteiger partial charge < -0.3 is 14.5 Å². The number of carbonyl (C=O) groups is 2. The summed E-state index contributed by atoms with van der Waals surface area (Å²) in [6, 6.07) is 10.6. The van der Waals surface area contributed by atoms with E-state index >= 15 is 0 Å². The minimum absolute atomic E-state index is 0.0573. The zero-order valence-electron chi connectivity index (χ0n) is 18.3. The van der Waals surface area contributed by atoms with Gasteiger partial charge in [-0.25, -0.2) is 4.79 Å². The quantitative estimate of drug-likeness (QED) is 0.775. The van der Waals surface area contributed by atoms with Crippen LogP contribution < -0.4 is 0 Å². The number of piperazine rings is 1. The van der Waals surface area contributed by atoms with Crippen molar-refractivity contribution in [1.82, 2.24) is 14.7 Å². The van der Waals surface area contributed by atoms with Gasteiger partial charge in [0.25, 0.3) is 0 Å². The van der Waals surface area contributed by atoms with Crippen LogP contribution in [0.4, 0.5) is 4.79 Å². The molecule has 2 amide bonds. The van der Waals surface area contributed by atoms with Crippen molar-refractivity contribution in [3.63, 3.8) is 0 Å². The topological polar surface area (TPSA) is 53.1 Å². The van der Waals surface area contributed by atoms with Gasteiger partial charge in [0.05, 0.1) is 0 Å². The Kier molecular flexibility index (Phi) is 6.83. The minimum Gasteiger partial charge on any atom is -0.444 e. The summed E-state index contributed by atoms with van der Waals surface area (Å²) in [6.07, 6.45) is 2.41. The van der Waals surface area contributed by atoms with E-state index in [0.717, 1.165) is 32.5 Å². The second kappa shape index (κ2) is 9.16. The van der Waals surface area contributed by atoms with Crippen molar-refractivity contribution in [2.75, 3.05) is 26.2 Å². The molecule has 0 aliphatic carbocycles. The largest absolute Gasteiger partial charge is 0.444 e. The molecule has 3 rings (SSSR count). The third-order valence-corrected chi connectivity index (χ3v) is 5.66. The predicted molar refractivity (Wildman–Crippen MR) is 113 cm³/mol. The van der Waals surface area contributed by atoms with E-state index in [1.807, 2.05) is 36.6 Å². The van der Waals surface area contributed by atoms with Gasteiger partial charge >= 0.3 is 6.09 Å². The lowest BCUT2D eigenvalue weighted by Gasteiger charge is -2.47. The van der Waals surface area contributed by atoms with Crippen molar-refractivity contribution in [3.05, 3.63) is 35.9 Å². The van der Waals surface area contributed by atoms with Crippen LogP contribution in [0.3, 0.4) is 0 Å². The fourth-order valence-corrected chi connectivity index (χ4v) is 4.18. The number of likely N-dealkylation sites (tertiary alicyclic amines) is 1. The summed E-state index contributed by atoms with van der Waals surface area (Å²) in [4.78, 5) is 31.4. The van der Waals surface area contributed by atoms with Crippen LogP contribution in [0.15, 0.2) is 30.3 Å². The number of carbonyl (C=O) groups excluding carboxylic acids is 2. The van der Waals surface area contributed by atoms with Crippen LogP contribution in [0.2, 0.25) is 0 Å². The number of hydrogen-bond donors (Lipinski definition) is 0. The molecule has 2 fully saturated rings. The molecule has 160 valence electrons. The third kappa shape index (κ3) is 5.95. The van der Waals surface area contributed by atoms with Crippen molar-refractivity contribution >= 4 is 12.0 Å². The summed E-state index contributed by atoms with van der Waals surface area (Å²) in [5.74, 6) is 0.235. The lowest BCUT2D eigenvalue weighted by molar-refractivity contribution is -0.134. The molecule has 6 heteroatoms. The van der Waals surface area contributed by atoms with Gasteiger partial charge in [-0.2, -0.15) is 0 Å². The zero-order valence-corrected chi connectivity index (χ0v) is 18.3. The number of nitrogens with zero attached hydrogens (tertiary/aromatic N) is 3. The summed E-state index contributed by atoms with van der Waals surface area (Å²) in [7, 11) is 0. The highest BCUT2D eigenvalue weighted by Crippen LogP contribution is 2.23. The Balaban J connectivity index is 1.76. The van der Waals surface area contributed by atoms with Gasteiger partial charge in [0, 0.05) is 51.2 Å². The molecule has 29 heavy (non-hydrogen) atoms. The Labute approximate surface area is 174 Å². The summed E-state index contributed by atoms with van der Waals surface area (Å²) < 4.78 is 5.65. The normalized spacial score (nSPS) is 23.9. The Hall–Kier alpha value is -2.08. The molecule has 0 saturated carbocycles. The number of rotatable bonds is 4. The SMILES string of the molecule is C[C@@H]1CN(Cc2ccccc2)[C@@H](CN2CCCCC2=O)CN1C(=O)OC(C)(C)C. The highest BCUT2D eigenvalue weighted by atomic mass is 16.6. The molecular formula is C23H35N3O3. The fraction of sp³-hybridized carbons (Fsp3) is 0.652. The third-order valence-electron chi connectivity index (χ3n) is 5.66. The van der Waals surface area contributed by atoms with Crippen molar-refractivity contribution in [3.8, 4) is 0 Å². The smallest absolute Gasteiger partial charge is 0.410 e. The van der Waals surface area contributed by atoms with E-state index in [9.17, 15) is 9.59 Å². The van der Waals surface area contributed by atoms with E-state index in [0.29, 0.717) is 19.5 Å². The molecule has 1 aromatic rings. The average molecular weight is 402 g/mol. The minimum atomic E-state index is -0.518. The first-order chi connectivity index (χ1) is 13.7. The van der Waals surface area contributed by atoms with Gasteiger partial charge in [-0.3, -0.25) is 9.69 Å². The van der Waals surface area contributed by atoms with Gasteiger partial charge in [0.15, 0.2) is 0 Å². The van der Waals surface area contributed by atoms with E-state index in [1.165, 1.54) is 5.56 Å². The zero-order chi connectivity index (χ0) is 21.0. The van der Waals surface area contributed by atoms with Crippen LogP contribution in [0, 0.1) is 0 Å². The molecule has 0 spiro atoms. The molecule has 2 saturated heterocycles. The Morgan fingerprint density at radius 3 is 2.52 bits per heavy atom. The lowest BCUT2D eigenvalue weighted by Crippen LogP contribution is -2.62. The van der Waals surface area contributed by atoms with E-state index in [-0.39, 0.29) is 24.1 Å². The molecule has 0 bridgehead atoms. The standard InChI is InChI=1S/C23H35N3O3/c1-18-14-25(15-19-10-6-5-7-11-19)20(16-24-13-9-8-12-21(24)27)17-26(18)22(28)29-23(2,3)4/h5-7,10-11,18,20H,8-9,12-17H2,1-4H3/t18-,20+/m1/s1. The molecule has 2 aliphatic heterocycles. The molecule has 0 aromatic heterocycles. The van der Waals surface area contributed by atoms with Gasteiger partial charge in [-0.15, -0.1) is 0 Å². The van der Waals surface area contributed by atoms with Gasteiger partial charge in [0.2, 0.25) is 5.91 Å². The van der Waals surface area contributed by atoms with E-state index in [4.69, 9.17) is 4.74 Å². The Morgan fingerprint density at radius 1 is 1.14 bits per heavy atom. The number of amides is 2. The van der Waals surface area contributed by atoms with Crippen LogP contribution >= 0.6 is 0 Å². The number of hydrogen-bond acceptors (Lipinski definition) is 4. The molecule has 2 aliphatic rings. The Bertz CT molecular complexity index is 701. The molecule has 1 aromatic carbocycles. The summed E-state index contributed by atoms with van der Waals surface area (Å²) in [5.41, 5.74) is 0.733. The molecule has 2 atom stereocenters. The maximum absolute atomic E-state index is 12.8. The van der Waals surface area contributed by atoms with Crippen LogP contribution in [0.25, 0.3) is 0 Å². The number of piperidine rings is 1. The Morgan fingerprint density at radius 2 is 1.86 bits per heavy atom. The highest BCUT2D eigenvalue weighted by Gasteiger charge is 2.37. The van der Waals surface area contributed by atoms with Crippen molar-refractivity contribution < 1.29 is 14.3 Å². The fourth-order valence-electron chi connectivity index (χ4n) is 4.18. The first-order valence-corrected chi connectivity index (χ1v) is 10.8. The molecule has 6 nitrogen and oxygen atoms in total. The highest BCUT2D eigenvalue weighted by molar-refractivity contribution is 5.76. The molecule has 2 heterocycles. The van der Waals surface area contributed by atoms with E-state index in [2.05, 4.69) is 36.1 Å². The van der Waals surface area contributed by atoms with E-state index in [1.54, 1.807) is 0 Å². The monoisotopic (exact) mass is 401 g/mol. The molecular weight excluding hydrogens is 366 g/mol. The maximum Gasteiger partial charge on any atom is 0.410 e. The summed E-state index contributed by atoms with van der Waals surface area (Å²) >= 11 is 0. The van der Waals surface area contributed by atoms with E-state index < -0.39 is 5.60 Å². The lowest BCUT2D eigenvalue weighted by atomic mass is 10.0. The molecule has 0 unspecified atom stereocenters. The summed E-state index contributed by atoms with van der Waals surface area (Å²) in [5, 5.41) is 0. The van der Waals surface area contributed by atoms with Crippen LogP contribution in [-0.2, 0) is 16.1 Å². The second-order valence-corrected chi connectivity index (χ2v) is 9.35. The van der Waals surface area contributed by atoms with Gasteiger partial charge in [0.1, 0.15) is 5.60 Å². The first-order valence-electron chi connectivity index (χ1n) is 10.8. The van der Waals surface area contributed by atoms with Crippen molar-refractivity contribution in [2.45, 2.75) is 71.2 Å². The first kappa shape index (κ1) is 21.6. The van der Waals surface area contributed by atoms with Crippen LogP contribution in [0.1, 0.15) is 52.5 Å². The number of ether oxygens (including phenoxy) is 1. The van der Waals surface area contributed by atoms with Gasteiger partial charge in [-0.1, -0.05) is 30.3 Å².